The minimum atomic E-state index is -1.50. The van der Waals surface area contributed by atoms with Crippen molar-refractivity contribution in [2.45, 2.75) is 30.1 Å². The lowest BCUT2D eigenvalue weighted by Gasteiger charge is -2.29. The normalized spacial score (nSPS) is 22.5. The van der Waals surface area contributed by atoms with E-state index in [1.165, 1.54) is 7.11 Å². The molecule has 1 heterocycles. The minimum absolute atomic E-state index is 0.381. The molecule has 0 bridgehead atoms. The van der Waals surface area contributed by atoms with Gasteiger partial charge in [0.15, 0.2) is 0 Å². The number of esters is 1. The van der Waals surface area contributed by atoms with Crippen molar-refractivity contribution >= 4 is 17.0 Å². The molecule has 30 heavy (non-hydrogen) atoms. The van der Waals surface area contributed by atoms with Crippen LogP contribution in [-0.4, -0.2) is 27.6 Å². The summed E-state index contributed by atoms with van der Waals surface area (Å²) in [6.07, 6.45) is -0.414. The number of nitrogens with zero attached hydrogens (tertiary/aromatic N) is 1. The van der Waals surface area contributed by atoms with Gasteiger partial charge in [-0.25, -0.2) is 4.21 Å². The summed E-state index contributed by atoms with van der Waals surface area (Å²) < 4.78 is 20.8. The monoisotopic (exact) mass is 420 g/mol. The Balaban J connectivity index is 1.84. The fraction of sp³-hybridized carbons (Fsp3) is 0.208. The van der Waals surface area contributed by atoms with Crippen LogP contribution in [0.2, 0.25) is 0 Å². The molecule has 1 fully saturated rings. The highest BCUT2D eigenvalue weighted by molar-refractivity contribution is 7.82. The smallest absolute Gasteiger partial charge is 0.324 e. The van der Waals surface area contributed by atoms with Crippen LogP contribution < -0.4 is 5.32 Å². The topological polar surface area (TPSA) is 58.6 Å². The van der Waals surface area contributed by atoms with Crippen molar-refractivity contribution < 1.29 is 13.7 Å². The second-order valence-electron chi connectivity index (χ2n) is 7.26. The molecular formula is C24H24N2O3S. The largest absolute Gasteiger partial charge is 0.468 e. The van der Waals surface area contributed by atoms with Crippen LogP contribution >= 0.6 is 0 Å². The van der Waals surface area contributed by atoms with Crippen LogP contribution in [0, 0.1) is 6.92 Å². The average molecular weight is 421 g/mol. The first-order valence-corrected chi connectivity index (χ1v) is 10.9. The van der Waals surface area contributed by atoms with Gasteiger partial charge in [0.2, 0.25) is 0 Å². The second-order valence-corrected chi connectivity index (χ2v) is 8.65. The summed E-state index contributed by atoms with van der Waals surface area (Å²) in [5, 5.41) is 3.38. The molecular weight excluding hydrogens is 396 g/mol. The Hall–Kier alpha value is -2.80. The van der Waals surface area contributed by atoms with Gasteiger partial charge in [0.1, 0.15) is 17.0 Å². The molecule has 6 heteroatoms. The number of nitrogens with one attached hydrogen (secondary N) is 1. The molecule has 4 rings (SSSR count). The van der Waals surface area contributed by atoms with Crippen LogP contribution in [-0.2, 0) is 20.5 Å². The standard InChI is InChI=1S/C24H24N2O3S/c1-17-13-15-20(16-14-17)30(28)26-22(18-9-5-3-6-10-18)21(24(27)29-2)25-23(26)19-11-7-4-8-12-19/h3-16,21-23,25H,1-2H3/t21-,22+,23-,30?/m1/s1. The molecule has 1 aliphatic rings. The van der Waals surface area contributed by atoms with Gasteiger partial charge in [-0.1, -0.05) is 78.4 Å². The van der Waals surface area contributed by atoms with Gasteiger partial charge < -0.3 is 4.74 Å². The van der Waals surface area contributed by atoms with Crippen LogP contribution in [0.25, 0.3) is 0 Å². The quantitative estimate of drug-likeness (QED) is 0.636. The number of aryl methyl sites for hydroxylation is 1. The highest BCUT2D eigenvalue weighted by atomic mass is 32.2. The number of benzene rings is 3. The maximum Gasteiger partial charge on any atom is 0.324 e. The van der Waals surface area contributed by atoms with Gasteiger partial charge in [-0.2, -0.15) is 4.31 Å². The Kier molecular flexibility index (Phi) is 6.08. The van der Waals surface area contributed by atoms with Crippen molar-refractivity contribution in [3.05, 3.63) is 102 Å². The third-order valence-electron chi connectivity index (χ3n) is 5.31. The lowest BCUT2D eigenvalue weighted by atomic mass is 10.0. The van der Waals surface area contributed by atoms with Crippen molar-refractivity contribution in [1.82, 2.24) is 9.62 Å². The molecule has 5 nitrogen and oxygen atoms in total. The van der Waals surface area contributed by atoms with Crippen molar-refractivity contribution in [3.63, 3.8) is 0 Å². The SMILES string of the molecule is COC(=O)[C@@H]1N[C@@H](c2ccccc2)N(S(=O)c2ccc(C)cc2)[C@H]1c1ccccc1. The molecule has 1 unspecified atom stereocenters. The first kappa shape index (κ1) is 20.5. The molecule has 0 aromatic heterocycles. The molecule has 0 aliphatic carbocycles. The van der Waals surface area contributed by atoms with Crippen LogP contribution in [0.5, 0.6) is 0 Å². The van der Waals surface area contributed by atoms with Crippen molar-refractivity contribution in [1.29, 1.82) is 0 Å². The third kappa shape index (κ3) is 3.94. The van der Waals surface area contributed by atoms with Crippen molar-refractivity contribution in [2.24, 2.45) is 0 Å². The van der Waals surface area contributed by atoms with Crippen LogP contribution in [0.4, 0.5) is 0 Å². The fourth-order valence-corrected chi connectivity index (χ4v) is 5.25. The number of rotatable bonds is 5. The molecule has 0 spiro atoms. The van der Waals surface area contributed by atoms with E-state index >= 15 is 0 Å². The highest BCUT2D eigenvalue weighted by Gasteiger charge is 2.49. The van der Waals surface area contributed by atoms with Gasteiger partial charge in [-0.15, -0.1) is 0 Å². The summed E-state index contributed by atoms with van der Waals surface area (Å²) in [6, 6.07) is 26.0. The van der Waals surface area contributed by atoms with E-state index in [0.29, 0.717) is 4.90 Å². The van der Waals surface area contributed by atoms with Gasteiger partial charge in [0.05, 0.1) is 24.2 Å². The molecule has 1 N–H and O–H groups in total. The van der Waals surface area contributed by atoms with Crippen LogP contribution in [0.3, 0.4) is 0 Å². The van der Waals surface area contributed by atoms with E-state index in [9.17, 15) is 9.00 Å². The van der Waals surface area contributed by atoms with Gasteiger partial charge in [-0.3, -0.25) is 10.1 Å². The number of hydrogen-bond acceptors (Lipinski definition) is 4. The lowest BCUT2D eigenvalue weighted by Crippen LogP contribution is -2.37. The highest BCUT2D eigenvalue weighted by Crippen LogP contribution is 2.41. The summed E-state index contributed by atoms with van der Waals surface area (Å²) in [4.78, 5) is 13.4. The van der Waals surface area contributed by atoms with E-state index in [-0.39, 0.29) is 5.97 Å². The number of carbonyl (C=O) groups is 1. The molecule has 0 saturated carbocycles. The number of carbonyl (C=O) groups excluding carboxylic acids is 1. The Morgan fingerprint density at radius 1 is 0.900 bits per heavy atom. The van der Waals surface area contributed by atoms with Gasteiger partial charge in [0, 0.05) is 0 Å². The summed E-state index contributed by atoms with van der Waals surface area (Å²) >= 11 is 0. The predicted molar refractivity (Wildman–Crippen MR) is 117 cm³/mol. The fourth-order valence-electron chi connectivity index (χ4n) is 3.81. The zero-order valence-corrected chi connectivity index (χ0v) is 17.7. The van der Waals surface area contributed by atoms with Gasteiger partial charge in [-0.05, 0) is 30.2 Å². The average Bonchev–Trinajstić information content (AvgIpc) is 3.20. The summed E-state index contributed by atoms with van der Waals surface area (Å²) in [5.41, 5.74) is 2.94. The maximum absolute atomic E-state index is 13.8. The van der Waals surface area contributed by atoms with E-state index < -0.39 is 29.2 Å². The van der Waals surface area contributed by atoms with Crippen LogP contribution in [0.1, 0.15) is 28.9 Å². The zero-order chi connectivity index (χ0) is 21.1. The van der Waals surface area contributed by atoms with Gasteiger partial charge >= 0.3 is 5.97 Å². The van der Waals surface area contributed by atoms with Crippen molar-refractivity contribution in [3.8, 4) is 0 Å². The van der Waals surface area contributed by atoms with E-state index in [4.69, 9.17) is 4.74 Å². The first-order chi connectivity index (χ1) is 14.6. The molecule has 154 valence electrons. The van der Waals surface area contributed by atoms with Crippen LogP contribution in [0.15, 0.2) is 89.8 Å². The maximum atomic E-state index is 13.8. The Bertz CT molecular complexity index is 1030. The lowest BCUT2D eigenvalue weighted by molar-refractivity contribution is -0.143. The predicted octanol–water partition coefficient (Wildman–Crippen LogP) is 3.90. The minimum Gasteiger partial charge on any atom is -0.468 e. The summed E-state index contributed by atoms with van der Waals surface area (Å²) in [7, 11) is -0.126. The van der Waals surface area contributed by atoms with Crippen molar-refractivity contribution in [2.75, 3.05) is 7.11 Å². The molecule has 0 radical (unpaired) electrons. The van der Waals surface area contributed by atoms with E-state index in [1.54, 1.807) is 0 Å². The number of methoxy groups -OCH3 is 1. The molecule has 0 amide bonds. The first-order valence-electron chi connectivity index (χ1n) is 9.81. The molecule has 3 aromatic rings. The second kappa shape index (κ2) is 8.92. The Morgan fingerprint density at radius 2 is 1.47 bits per heavy atom. The summed E-state index contributed by atoms with van der Waals surface area (Å²) in [6.45, 7) is 2.00. The Morgan fingerprint density at radius 3 is 2.03 bits per heavy atom. The third-order valence-corrected chi connectivity index (χ3v) is 6.80. The number of ether oxygens (including phenoxy) is 1. The number of hydrogen-bond donors (Lipinski definition) is 1. The molecule has 3 aromatic carbocycles. The molecule has 4 atom stereocenters. The summed E-state index contributed by atoms with van der Waals surface area (Å²) in [5.74, 6) is -0.381. The molecule has 1 saturated heterocycles. The zero-order valence-electron chi connectivity index (χ0n) is 16.9. The van der Waals surface area contributed by atoms with E-state index in [1.807, 2.05) is 96.2 Å². The van der Waals surface area contributed by atoms with E-state index in [0.717, 1.165) is 16.7 Å². The van der Waals surface area contributed by atoms with E-state index in [2.05, 4.69) is 5.32 Å². The van der Waals surface area contributed by atoms with Gasteiger partial charge in [0.25, 0.3) is 0 Å². The Labute approximate surface area is 179 Å². The molecule has 1 aliphatic heterocycles.